The molecule has 0 saturated carbocycles. The summed E-state index contributed by atoms with van der Waals surface area (Å²) in [7, 11) is 0.206. The maximum atomic E-state index is 13.5. The molecule has 0 amide bonds. The number of hydrogen-bond acceptors (Lipinski definition) is 4. The number of alkyl halides is 3. The average molecular weight is 584 g/mol. The van der Waals surface area contributed by atoms with Crippen LogP contribution >= 0.6 is 10.5 Å². The van der Waals surface area contributed by atoms with Gasteiger partial charge in [-0.25, -0.2) is 0 Å². The highest BCUT2D eigenvalue weighted by molar-refractivity contribution is 8.14. The molecule has 0 radical (unpaired) electrons. The number of nitriles is 1. The highest BCUT2D eigenvalue weighted by Gasteiger charge is 2.30. The Morgan fingerprint density at radius 2 is 1.85 bits per heavy atom. The Hall–Kier alpha value is -3.43. The minimum Gasteiger partial charge on any atom is -0.382 e. The molecule has 4 rings (SSSR count). The molecule has 1 aliphatic heterocycles. The van der Waals surface area contributed by atoms with Gasteiger partial charge in [0.2, 0.25) is 0 Å². The molecule has 1 fully saturated rings. The van der Waals surface area contributed by atoms with E-state index < -0.39 is 18.1 Å². The Labute approximate surface area is 244 Å². The number of nitrogens with one attached hydrogen (secondary N) is 2. The van der Waals surface area contributed by atoms with Gasteiger partial charge in [-0.1, -0.05) is 38.6 Å². The van der Waals surface area contributed by atoms with Gasteiger partial charge in [0.05, 0.1) is 46.8 Å². The van der Waals surface area contributed by atoms with E-state index in [1.165, 1.54) is 4.57 Å². The molecule has 0 atom stereocenters. The van der Waals surface area contributed by atoms with Crippen LogP contribution in [0.1, 0.15) is 64.4 Å². The number of halogens is 3. The summed E-state index contributed by atoms with van der Waals surface area (Å²) in [6, 6.07) is 11.7. The third-order valence-corrected chi connectivity index (χ3v) is 8.65. The normalized spacial score (nSPS) is 17.0. The second kappa shape index (κ2) is 14.0. The quantitative estimate of drug-likeness (QED) is 0.221. The SMILES string of the molecule is C=S1CCC(Nc2cccc3c2cc(C#CCNc2cnc(C(C)(C)C#N)cc2CC)n3CC(F)(F)F)CC1.CC. The van der Waals surface area contributed by atoms with Crippen molar-refractivity contribution in [3.63, 3.8) is 0 Å². The number of rotatable bonds is 7. The monoisotopic (exact) mass is 583 g/mol. The zero-order chi connectivity index (χ0) is 30.2. The number of hydrogen-bond donors (Lipinski definition) is 2. The van der Waals surface area contributed by atoms with Crippen molar-refractivity contribution in [3.8, 4) is 17.9 Å². The lowest BCUT2D eigenvalue weighted by Crippen LogP contribution is -2.25. The lowest BCUT2D eigenvalue weighted by molar-refractivity contribution is -0.140. The van der Waals surface area contributed by atoms with Crippen LogP contribution in [-0.4, -0.2) is 45.7 Å². The third kappa shape index (κ3) is 8.30. The maximum Gasteiger partial charge on any atom is 0.406 e. The summed E-state index contributed by atoms with van der Waals surface area (Å²) in [5, 5.41) is 17.0. The van der Waals surface area contributed by atoms with Gasteiger partial charge in [-0.15, -0.1) is 0 Å². The molecule has 220 valence electrons. The number of fused-ring (bicyclic) bond motifs is 1. The molecule has 9 heteroatoms. The number of aromatic nitrogens is 2. The van der Waals surface area contributed by atoms with Crippen molar-refractivity contribution in [1.82, 2.24) is 9.55 Å². The molecule has 0 spiro atoms. The zero-order valence-electron chi connectivity index (χ0n) is 24.6. The van der Waals surface area contributed by atoms with Crippen molar-refractivity contribution < 1.29 is 13.2 Å². The maximum absolute atomic E-state index is 13.5. The average Bonchev–Trinajstić information content (AvgIpc) is 3.30. The van der Waals surface area contributed by atoms with Crippen LogP contribution in [0.4, 0.5) is 24.5 Å². The standard InChI is InChI=1S/C30H34F3N5S.C2H6/c1-5-21-16-28(29(2,3)19-34)36-18-26(21)35-13-7-8-23-17-24-25(37-22-11-14-39(4)15-12-22)9-6-10-27(24)38(23)20-30(31,32)33;1-2/h6,9-10,16-18,22,35,37H,4-5,11-15,20H2,1-3H3;1-2H3. The van der Waals surface area contributed by atoms with Gasteiger partial charge in [0, 0.05) is 17.1 Å². The van der Waals surface area contributed by atoms with Gasteiger partial charge >= 0.3 is 6.18 Å². The Bertz CT molecular complexity index is 1460. The molecule has 5 nitrogen and oxygen atoms in total. The van der Waals surface area contributed by atoms with E-state index in [4.69, 9.17) is 0 Å². The number of benzene rings is 1. The van der Waals surface area contributed by atoms with Crippen molar-refractivity contribution in [3.05, 3.63) is 53.5 Å². The molecule has 0 unspecified atom stereocenters. The largest absolute Gasteiger partial charge is 0.406 e. The highest BCUT2D eigenvalue weighted by atomic mass is 32.2. The number of pyridine rings is 1. The fourth-order valence-electron chi connectivity index (χ4n) is 4.71. The summed E-state index contributed by atoms with van der Waals surface area (Å²) in [5.41, 5.74) is 3.46. The van der Waals surface area contributed by atoms with E-state index in [1.807, 2.05) is 46.8 Å². The number of anilines is 2. The summed E-state index contributed by atoms with van der Waals surface area (Å²) in [6.45, 7) is 8.79. The van der Waals surface area contributed by atoms with Crippen molar-refractivity contribution in [2.24, 2.45) is 0 Å². The minimum atomic E-state index is -4.38. The Balaban J connectivity index is 0.00000226. The summed E-state index contributed by atoms with van der Waals surface area (Å²) in [5.74, 6) is 12.3. The minimum absolute atomic E-state index is 0.206. The molecular weight excluding hydrogens is 543 g/mol. The smallest absolute Gasteiger partial charge is 0.382 e. The van der Waals surface area contributed by atoms with Gasteiger partial charge in [-0.2, -0.15) is 28.9 Å². The van der Waals surface area contributed by atoms with Crippen LogP contribution in [0.15, 0.2) is 36.5 Å². The summed E-state index contributed by atoms with van der Waals surface area (Å²) in [6.07, 6.45) is 0.0653. The molecule has 1 aliphatic rings. The lowest BCUT2D eigenvalue weighted by Gasteiger charge is -2.26. The highest BCUT2D eigenvalue weighted by Crippen LogP contribution is 2.32. The fraction of sp³-hybridized carbons (Fsp3) is 0.469. The predicted molar refractivity (Wildman–Crippen MR) is 168 cm³/mol. The molecular formula is C32H40F3N5S. The molecule has 3 aromatic rings. The van der Waals surface area contributed by atoms with Gasteiger partial charge in [0.15, 0.2) is 0 Å². The fourth-order valence-corrected chi connectivity index (χ4v) is 6.15. The molecule has 1 aromatic carbocycles. The number of aryl methyl sites for hydroxylation is 1. The molecule has 0 aliphatic carbocycles. The van der Waals surface area contributed by atoms with Gasteiger partial charge in [-0.3, -0.25) is 4.98 Å². The second-order valence-corrected chi connectivity index (χ2v) is 12.4. The van der Waals surface area contributed by atoms with E-state index in [0.29, 0.717) is 16.9 Å². The van der Waals surface area contributed by atoms with Crippen molar-refractivity contribution in [1.29, 1.82) is 5.26 Å². The van der Waals surface area contributed by atoms with Gasteiger partial charge in [0.1, 0.15) is 6.54 Å². The molecule has 41 heavy (non-hydrogen) atoms. The first-order valence-corrected chi connectivity index (χ1v) is 15.8. The van der Waals surface area contributed by atoms with Crippen LogP contribution in [0.2, 0.25) is 0 Å². The first-order chi connectivity index (χ1) is 19.5. The molecule has 1 saturated heterocycles. The predicted octanol–water partition coefficient (Wildman–Crippen LogP) is 7.73. The Morgan fingerprint density at radius 3 is 2.49 bits per heavy atom. The Morgan fingerprint density at radius 1 is 1.15 bits per heavy atom. The van der Waals surface area contributed by atoms with E-state index in [9.17, 15) is 18.4 Å². The van der Waals surface area contributed by atoms with Crippen molar-refractivity contribution in [2.45, 2.75) is 78.1 Å². The van der Waals surface area contributed by atoms with Crippen LogP contribution in [-0.2, 0) is 18.4 Å². The van der Waals surface area contributed by atoms with E-state index in [0.717, 1.165) is 53.1 Å². The van der Waals surface area contributed by atoms with E-state index >= 15 is 0 Å². The number of nitrogens with zero attached hydrogens (tertiary/aromatic N) is 3. The van der Waals surface area contributed by atoms with E-state index in [-0.39, 0.29) is 23.1 Å². The zero-order valence-corrected chi connectivity index (χ0v) is 25.4. The third-order valence-electron chi connectivity index (χ3n) is 7.03. The second-order valence-electron chi connectivity index (χ2n) is 10.4. The molecule has 2 aromatic heterocycles. The van der Waals surface area contributed by atoms with Gasteiger partial charge < -0.3 is 15.2 Å². The topological polar surface area (TPSA) is 65.7 Å². The van der Waals surface area contributed by atoms with E-state index in [1.54, 1.807) is 24.4 Å². The van der Waals surface area contributed by atoms with Crippen LogP contribution in [0.5, 0.6) is 0 Å². The Kier molecular flexibility index (Phi) is 10.9. The molecule has 0 bridgehead atoms. The van der Waals surface area contributed by atoms with Crippen LogP contribution in [0.3, 0.4) is 0 Å². The molecule has 2 N–H and O–H groups in total. The van der Waals surface area contributed by atoms with Crippen LogP contribution < -0.4 is 10.6 Å². The van der Waals surface area contributed by atoms with Crippen molar-refractivity contribution in [2.75, 3.05) is 28.7 Å². The van der Waals surface area contributed by atoms with Gasteiger partial charge in [0.25, 0.3) is 0 Å². The first-order valence-electron chi connectivity index (χ1n) is 14.1. The van der Waals surface area contributed by atoms with Crippen LogP contribution in [0, 0.1) is 23.2 Å². The summed E-state index contributed by atoms with van der Waals surface area (Å²) >= 11 is 0. The summed E-state index contributed by atoms with van der Waals surface area (Å²) in [4.78, 5) is 4.44. The van der Waals surface area contributed by atoms with Crippen molar-refractivity contribution >= 4 is 38.6 Å². The molecule has 3 heterocycles. The lowest BCUT2D eigenvalue weighted by atomic mass is 9.89. The van der Waals surface area contributed by atoms with Gasteiger partial charge in [-0.05, 0) is 80.4 Å². The van der Waals surface area contributed by atoms with Crippen LogP contribution in [0.25, 0.3) is 10.9 Å². The van der Waals surface area contributed by atoms with E-state index in [2.05, 4.69) is 39.4 Å². The first kappa shape index (κ1) is 32.1. The summed E-state index contributed by atoms with van der Waals surface area (Å²) < 4.78 is 41.9.